The molecule has 1 aromatic heterocycles. The number of carbonyl (C=O) groups is 2. The standard InChI is InChI=1S/C14H21N3O2S/c1-17(2)16-13(19)11-8-9-20-14(11)15-12(18)10-6-4-3-5-7-10/h8-10H,3-7H2,1-2H3,(H,15,18)(H,16,19). The first-order valence-electron chi connectivity index (χ1n) is 6.94. The molecule has 0 spiro atoms. The van der Waals surface area contributed by atoms with Crippen LogP contribution >= 0.6 is 11.3 Å². The SMILES string of the molecule is CN(C)NC(=O)c1ccsc1NC(=O)C1CCCCC1. The molecule has 110 valence electrons. The Morgan fingerprint density at radius 3 is 2.60 bits per heavy atom. The summed E-state index contributed by atoms with van der Waals surface area (Å²) in [5.41, 5.74) is 3.21. The van der Waals surface area contributed by atoms with Crippen LogP contribution in [0.15, 0.2) is 11.4 Å². The van der Waals surface area contributed by atoms with Crippen molar-refractivity contribution in [1.29, 1.82) is 0 Å². The molecule has 0 radical (unpaired) electrons. The largest absolute Gasteiger partial charge is 0.317 e. The lowest BCUT2D eigenvalue weighted by molar-refractivity contribution is -0.120. The molecule has 1 saturated carbocycles. The summed E-state index contributed by atoms with van der Waals surface area (Å²) in [6.07, 6.45) is 5.37. The molecule has 0 bridgehead atoms. The summed E-state index contributed by atoms with van der Waals surface area (Å²) < 4.78 is 0. The molecule has 1 aliphatic carbocycles. The van der Waals surface area contributed by atoms with E-state index in [9.17, 15) is 9.59 Å². The molecule has 0 saturated heterocycles. The monoisotopic (exact) mass is 295 g/mol. The van der Waals surface area contributed by atoms with Crippen LogP contribution in [0.4, 0.5) is 5.00 Å². The Hall–Kier alpha value is -1.40. The Morgan fingerprint density at radius 2 is 1.95 bits per heavy atom. The summed E-state index contributed by atoms with van der Waals surface area (Å²) in [6, 6.07) is 1.74. The molecule has 2 rings (SSSR count). The molecule has 0 atom stereocenters. The van der Waals surface area contributed by atoms with Crippen molar-refractivity contribution in [2.24, 2.45) is 5.92 Å². The van der Waals surface area contributed by atoms with Crippen LogP contribution in [0.2, 0.25) is 0 Å². The molecular formula is C14H21N3O2S. The zero-order chi connectivity index (χ0) is 14.5. The predicted octanol–water partition coefficient (Wildman–Crippen LogP) is 2.47. The fraction of sp³-hybridized carbons (Fsp3) is 0.571. The quantitative estimate of drug-likeness (QED) is 0.839. The molecule has 1 aromatic rings. The second kappa shape index (κ2) is 6.85. The highest BCUT2D eigenvalue weighted by molar-refractivity contribution is 7.14. The van der Waals surface area contributed by atoms with Gasteiger partial charge >= 0.3 is 0 Å². The van der Waals surface area contributed by atoms with Gasteiger partial charge in [0.05, 0.1) is 5.56 Å². The van der Waals surface area contributed by atoms with Crippen molar-refractivity contribution in [2.75, 3.05) is 19.4 Å². The predicted molar refractivity (Wildman–Crippen MR) is 80.7 cm³/mol. The van der Waals surface area contributed by atoms with Gasteiger partial charge < -0.3 is 5.32 Å². The first-order chi connectivity index (χ1) is 9.58. The maximum Gasteiger partial charge on any atom is 0.268 e. The maximum absolute atomic E-state index is 12.2. The second-order valence-corrected chi connectivity index (χ2v) is 6.24. The molecule has 2 N–H and O–H groups in total. The van der Waals surface area contributed by atoms with Gasteiger partial charge in [-0.3, -0.25) is 15.0 Å². The summed E-state index contributed by atoms with van der Waals surface area (Å²) >= 11 is 1.39. The number of hydrogen-bond donors (Lipinski definition) is 2. The molecule has 1 fully saturated rings. The number of nitrogens with zero attached hydrogens (tertiary/aromatic N) is 1. The molecule has 0 aliphatic heterocycles. The number of hydrazine groups is 1. The van der Waals surface area contributed by atoms with Gasteiger partial charge in [-0.15, -0.1) is 11.3 Å². The summed E-state index contributed by atoms with van der Waals surface area (Å²) in [4.78, 5) is 24.2. The van der Waals surface area contributed by atoms with E-state index in [1.54, 1.807) is 25.2 Å². The summed E-state index contributed by atoms with van der Waals surface area (Å²) in [7, 11) is 3.51. The van der Waals surface area contributed by atoms with Crippen LogP contribution in [0.25, 0.3) is 0 Å². The van der Waals surface area contributed by atoms with E-state index in [1.807, 2.05) is 5.38 Å². The number of rotatable bonds is 4. The van der Waals surface area contributed by atoms with E-state index in [0.29, 0.717) is 10.6 Å². The third-order valence-corrected chi connectivity index (χ3v) is 4.28. The molecule has 6 heteroatoms. The molecule has 5 nitrogen and oxygen atoms in total. The van der Waals surface area contributed by atoms with Crippen molar-refractivity contribution in [3.05, 3.63) is 17.0 Å². The van der Waals surface area contributed by atoms with Gasteiger partial charge in [-0.25, -0.2) is 5.01 Å². The van der Waals surface area contributed by atoms with E-state index in [4.69, 9.17) is 0 Å². The molecule has 0 unspecified atom stereocenters. The van der Waals surface area contributed by atoms with E-state index in [2.05, 4.69) is 10.7 Å². The van der Waals surface area contributed by atoms with E-state index < -0.39 is 0 Å². The van der Waals surface area contributed by atoms with Crippen molar-refractivity contribution < 1.29 is 9.59 Å². The van der Waals surface area contributed by atoms with Crippen LogP contribution in [0, 0.1) is 5.92 Å². The Morgan fingerprint density at radius 1 is 1.25 bits per heavy atom. The topological polar surface area (TPSA) is 61.4 Å². The lowest BCUT2D eigenvalue weighted by Crippen LogP contribution is -2.36. The number of nitrogens with one attached hydrogen (secondary N) is 2. The van der Waals surface area contributed by atoms with Crippen LogP contribution in [0.1, 0.15) is 42.5 Å². The van der Waals surface area contributed by atoms with Gasteiger partial charge in [-0.1, -0.05) is 19.3 Å². The zero-order valence-electron chi connectivity index (χ0n) is 11.9. The lowest BCUT2D eigenvalue weighted by Gasteiger charge is -2.20. The first-order valence-corrected chi connectivity index (χ1v) is 7.82. The number of carbonyl (C=O) groups excluding carboxylic acids is 2. The van der Waals surface area contributed by atoms with E-state index in [-0.39, 0.29) is 17.7 Å². The molecule has 2 amide bonds. The van der Waals surface area contributed by atoms with Crippen molar-refractivity contribution in [3.8, 4) is 0 Å². The minimum absolute atomic E-state index is 0.0473. The second-order valence-electron chi connectivity index (χ2n) is 5.32. The van der Waals surface area contributed by atoms with Gasteiger partial charge in [0, 0.05) is 20.0 Å². The van der Waals surface area contributed by atoms with E-state index in [1.165, 1.54) is 17.8 Å². The lowest BCUT2D eigenvalue weighted by atomic mass is 9.89. The summed E-state index contributed by atoms with van der Waals surface area (Å²) in [5, 5.41) is 6.96. The van der Waals surface area contributed by atoms with E-state index in [0.717, 1.165) is 25.7 Å². The number of amides is 2. The normalized spacial score (nSPS) is 16.1. The van der Waals surface area contributed by atoms with Crippen molar-refractivity contribution in [1.82, 2.24) is 10.4 Å². The van der Waals surface area contributed by atoms with Gasteiger partial charge in [-0.05, 0) is 24.3 Å². The van der Waals surface area contributed by atoms with Gasteiger partial charge in [0.1, 0.15) is 5.00 Å². The summed E-state index contributed by atoms with van der Waals surface area (Å²) in [6.45, 7) is 0. The Kier molecular flexibility index (Phi) is 5.14. The third-order valence-electron chi connectivity index (χ3n) is 3.45. The van der Waals surface area contributed by atoms with Crippen molar-refractivity contribution >= 4 is 28.2 Å². The highest BCUT2D eigenvalue weighted by Crippen LogP contribution is 2.28. The van der Waals surface area contributed by atoms with Crippen LogP contribution in [-0.4, -0.2) is 30.9 Å². The van der Waals surface area contributed by atoms with E-state index >= 15 is 0 Å². The van der Waals surface area contributed by atoms with Gasteiger partial charge in [0.2, 0.25) is 5.91 Å². The van der Waals surface area contributed by atoms with Crippen LogP contribution in [0.5, 0.6) is 0 Å². The van der Waals surface area contributed by atoms with Gasteiger partial charge in [-0.2, -0.15) is 0 Å². The smallest absolute Gasteiger partial charge is 0.268 e. The fourth-order valence-corrected chi connectivity index (χ4v) is 3.21. The third kappa shape index (κ3) is 3.80. The zero-order valence-corrected chi connectivity index (χ0v) is 12.8. The number of hydrogen-bond acceptors (Lipinski definition) is 4. The fourth-order valence-electron chi connectivity index (χ4n) is 2.43. The average Bonchev–Trinajstić information content (AvgIpc) is 2.87. The highest BCUT2D eigenvalue weighted by Gasteiger charge is 2.23. The molecule has 0 aromatic carbocycles. The maximum atomic E-state index is 12.2. The van der Waals surface area contributed by atoms with Crippen molar-refractivity contribution in [2.45, 2.75) is 32.1 Å². The molecule has 20 heavy (non-hydrogen) atoms. The minimum atomic E-state index is -0.199. The first kappa shape index (κ1) is 15.0. The molecule has 1 heterocycles. The van der Waals surface area contributed by atoms with Crippen LogP contribution < -0.4 is 10.7 Å². The summed E-state index contributed by atoms with van der Waals surface area (Å²) in [5.74, 6) is -0.0585. The van der Waals surface area contributed by atoms with Gasteiger partial charge in [0.25, 0.3) is 5.91 Å². The average molecular weight is 295 g/mol. The Balaban J connectivity index is 2.00. The Bertz CT molecular complexity index is 479. The van der Waals surface area contributed by atoms with Crippen LogP contribution in [-0.2, 0) is 4.79 Å². The number of thiophene rings is 1. The highest BCUT2D eigenvalue weighted by atomic mass is 32.1. The van der Waals surface area contributed by atoms with Crippen LogP contribution in [0.3, 0.4) is 0 Å². The Labute approximate surface area is 123 Å². The van der Waals surface area contributed by atoms with Crippen molar-refractivity contribution in [3.63, 3.8) is 0 Å². The molecule has 1 aliphatic rings. The minimum Gasteiger partial charge on any atom is -0.317 e. The van der Waals surface area contributed by atoms with Gasteiger partial charge in [0.15, 0.2) is 0 Å². The molecular weight excluding hydrogens is 274 g/mol. The number of anilines is 1.